The molecule has 1 atom stereocenters. The molecule has 3 heterocycles. The van der Waals surface area contributed by atoms with E-state index in [2.05, 4.69) is 5.32 Å². The highest BCUT2D eigenvalue weighted by molar-refractivity contribution is 7.16. The van der Waals surface area contributed by atoms with E-state index in [1.165, 1.54) is 0 Å². The van der Waals surface area contributed by atoms with Crippen molar-refractivity contribution in [2.24, 2.45) is 0 Å². The molecular formula is C27H27N3O3S. The number of aryl methyl sites for hydroxylation is 2. The van der Waals surface area contributed by atoms with Crippen LogP contribution in [-0.2, 0) is 17.9 Å². The first kappa shape index (κ1) is 22.2. The molecule has 2 amide bonds. The van der Waals surface area contributed by atoms with Crippen molar-refractivity contribution < 1.29 is 14.3 Å². The molecule has 4 aromatic rings. The number of rotatable bonds is 5. The number of benzene rings is 2. The van der Waals surface area contributed by atoms with Gasteiger partial charge in [0.1, 0.15) is 21.8 Å². The van der Waals surface area contributed by atoms with Gasteiger partial charge in [-0.05, 0) is 61.5 Å². The Kier molecular flexibility index (Phi) is 5.44. The lowest BCUT2D eigenvalue weighted by Crippen LogP contribution is -2.64. The molecule has 0 bridgehead atoms. The van der Waals surface area contributed by atoms with Crippen molar-refractivity contribution in [3.8, 4) is 5.75 Å². The summed E-state index contributed by atoms with van der Waals surface area (Å²) in [6.07, 6.45) is 0. The molecule has 0 spiro atoms. The first-order chi connectivity index (χ1) is 16.3. The van der Waals surface area contributed by atoms with Crippen LogP contribution in [0.4, 0.5) is 5.69 Å². The Morgan fingerprint density at radius 2 is 1.94 bits per heavy atom. The number of hydrogen-bond acceptors (Lipinski definition) is 4. The lowest BCUT2D eigenvalue weighted by atomic mass is 9.92. The number of carbonyl (C=O) groups is 2. The van der Waals surface area contributed by atoms with Crippen LogP contribution in [0.15, 0.2) is 60.0 Å². The van der Waals surface area contributed by atoms with E-state index < -0.39 is 5.54 Å². The molecule has 34 heavy (non-hydrogen) atoms. The number of amides is 2. The fraction of sp³-hybridized carbons (Fsp3) is 0.259. The average Bonchev–Trinajstić information content (AvgIpc) is 3.42. The molecule has 6 nitrogen and oxygen atoms in total. The number of fused-ring (bicyclic) bond motifs is 3. The number of para-hydroxylation sites is 1. The van der Waals surface area contributed by atoms with Gasteiger partial charge < -0.3 is 14.6 Å². The molecule has 2 aromatic heterocycles. The molecule has 2 aromatic carbocycles. The maximum atomic E-state index is 14.0. The van der Waals surface area contributed by atoms with Gasteiger partial charge in [0.15, 0.2) is 0 Å². The Hall–Kier alpha value is -3.58. The van der Waals surface area contributed by atoms with Crippen LogP contribution in [0.1, 0.15) is 34.1 Å². The smallest absolute Gasteiger partial charge is 0.275 e. The highest BCUT2D eigenvalue weighted by Gasteiger charge is 2.49. The molecular weight excluding hydrogens is 446 g/mol. The second-order valence-electron chi connectivity index (χ2n) is 9.00. The zero-order valence-corrected chi connectivity index (χ0v) is 20.5. The van der Waals surface area contributed by atoms with Crippen molar-refractivity contribution in [1.29, 1.82) is 0 Å². The molecule has 5 rings (SSSR count). The van der Waals surface area contributed by atoms with Gasteiger partial charge in [-0.3, -0.25) is 14.5 Å². The summed E-state index contributed by atoms with van der Waals surface area (Å²) >= 11 is 1.58. The van der Waals surface area contributed by atoms with Crippen molar-refractivity contribution >= 4 is 39.1 Å². The Morgan fingerprint density at radius 1 is 1.15 bits per heavy atom. The maximum absolute atomic E-state index is 14.0. The summed E-state index contributed by atoms with van der Waals surface area (Å²) in [5, 5.41) is 6.11. The van der Waals surface area contributed by atoms with Crippen LogP contribution in [-0.4, -0.2) is 29.0 Å². The Morgan fingerprint density at radius 3 is 2.74 bits per heavy atom. The summed E-state index contributed by atoms with van der Waals surface area (Å²) in [6, 6.07) is 17.6. The molecule has 1 aliphatic heterocycles. The molecule has 0 saturated carbocycles. The number of carbonyl (C=O) groups excluding carboxylic acids is 2. The predicted molar refractivity (Wildman–Crippen MR) is 136 cm³/mol. The van der Waals surface area contributed by atoms with Crippen molar-refractivity contribution in [2.75, 3.05) is 12.0 Å². The molecule has 0 fully saturated rings. The van der Waals surface area contributed by atoms with E-state index in [0.29, 0.717) is 24.5 Å². The molecule has 0 radical (unpaired) electrons. The number of nitrogens with zero attached hydrogens (tertiary/aromatic N) is 2. The van der Waals surface area contributed by atoms with E-state index in [4.69, 9.17) is 4.74 Å². The third kappa shape index (κ3) is 3.47. The second kappa shape index (κ2) is 8.33. The number of ether oxygens (including phenoxy) is 1. The van der Waals surface area contributed by atoms with Gasteiger partial charge in [-0.2, -0.15) is 0 Å². The van der Waals surface area contributed by atoms with E-state index in [0.717, 1.165) is 32.6 Å². The fourth-order valence-electron chi connectivity index (χ4n) is 4.75. The van der Waals surface area contributed by atoms with Crippen LogP contribution in [0.5, 0.6) is 5.75 Å². The number of nitrogens with one attached hydrogen (secondary N) is 1. The molecule has 1 N–H and O–H groups in total. The normalized spacial score (nSPS) is 17.6. The summed E-state index contributed by atoms with van der Waals surface area (Å²) in [4.78, 5) is 30.5. The number of methoxy groups -OCH3 is 1. The first-order valence-electron chi connectivity index (χ1n) is 11.2. The lowest BCUT2D eigenvalue weighted by molar-refractivity contribution is -0.126. The van der Waals surface area contributed by atoms with Crippen molar-refractivity contribution in [3.05, 3.63) is 82.4 Å². The van der Waals surface area contributed by atoms with E-state index in [9.17, 15) is 9.59 Å². The Balaban J connectivity index is 1.59. The van der Waals surface area contributed by atoms with Crippen LogP contribution in [0, 0.1) is 13.8 Å². The molecule has 1 aliphatic rings. The van der Waals surface area contributed by atoms with Crippen molar-refractivity contribution in [3.63, 3.8) is 0 Å². The van der Waals surface area contributed by atoms with Crippen LogP contribution in [0.25, 0.3) is 10.2 Å². The largest absolute Gasteiger partial charge is 0.496 e. The van der Waals surface area contributed by atoms with Gasteiger partial charge >= 0.3 is 0 Å². The molecule has 7 heteroatoms. The van der Waals surface area contributed by atoms with Gasteiger partial charge in [-0.1, -0.05) is 30.3 Å². The second-order valence-corrected chi connectivity index (χ2v) is 9.89. The van der Waals surface area contributed by atoms with Gasteiger partial charge in [0.05, 0.1) is 13.7 Å². The molecule has 174 valence electrons. The molecule has 0 unspecified atom stereocenters. The van der Waals surface area contributed by atoms with Crippen LogP contribution in [0.3, 0.4) is 0 Å². The number of hydrogen-bond donors (Lipinski definition) is 1. The monoisotopic (exact) mass is 473 g/mol. The van der Waals surface area contributed by atoms with Crippen LogP contribution < -0.4 is 15.0 Å². The fourth-order valence-corrected chi connectivity index (χ4v) is 5.65. The van der Waals surface area contributed by atoms with E-state index >= 15 is 0 Å². The van der Waals surface area contributed by atoms with E-state index in [-0.39, 0.29) is 11.8 Å². The Bertz CT molecular complexity index is 1420. The van der Waals surface area contributed by atoms with E-state index in [1.807, 2.05) is 85.3 Å². The third-order valence-electron chi connectivity index (χ3n) is 6.61. The zero-order valence-electron chi connectivity index (χ0n) is 19.7. The van der Waals surface area contributed by atoms with Gasteiger partial charge in [-0.15, -0.1) is 11.3 Å². The van der Waals surface area contributed by atoms with Crippen LogP contribution >= 0.6 is 11.3 Å². The number of thiophene rings is 1. The average molecular weight is 474 g/mol. The predicted octanol–water partition coefficient (Wildman–Crippen LogP) is 5.06. The standard InChI is InChI=1S/C27H27N3O3S/c1-17-9-10-18(2)21(13-17)30-24(31)22-14-19-11-12-34-25(19)29(22)16-27(30,3)26(32)28-15-20-7-5-6-8-23(20)33-4/h5-14H,15-16H2,1-4H3,(H,28,32)/t27-/m1/s1. The minimum absolute atomic E-state index is 0.168. The Labute approximate surface area is 202 Å². The number of anilines is 1. The highest BCUT2D eigenvalue weighted by Crippen LogP contribution is 2.38. The molecule has 0 saturated heterocycles. The molecule has 0 aliphatic carbocycles. The lowest BCUT2D eigenvalue weighted by Gasteiger charge is -2.44. The SMILES string of the molecule is COc1ccccc1CNC(=O)[C@@]1(C)Cn2c(cc3ccsc32)C(=O)N1c1cc(C)ccc1C. The maximum Gasteiger partial charge on any atom is 0.275 e. The van der Waals surface area contributed by atoms with Gasteiger partial charge in [0.2, 0.25) is 5.91 Å². The van der Waals surface area contributed by atoms with Gasteiger partial charge in [-0.25, -0.2) is 0 Å². The highest BCUT2D eigenvalue weighted by atomic mass is 32.1. The van der Waals surface area contributed by atoms with Crippen LogP contribution in [0.2, 0.25) is 0 Å². The number of aromatic nitrogens is 1. The summed E-state index contributed by atoms with van der Waals surface area (Å²) in [5.74, 6) is 0.335. The topological polar surface area (TPSA) is 63.6 Å². The van der Waals surface area contributed by atoms with Crippen molar-refractivity contribution in [2.45, 2.75) is 39.4 Å². The quantitative estimate of drug-likeness (QED) is 0.441. The summed E-state index contributed by atoms with van der Waals surface area (Å²) in [5.41, 5.74) is 3.11. The first-order valence-corrected chi connectivity index (χ1v) is 12.1. The van der Waals surface area contributed by atoms with Crippen molar-refractivity contribution in [1.82, 2.24) is 9.88 Å². The summed E-state index contributed by atoms with van der Waals surface area (Å²) in [6.45, 7) is 6.49. The minimum atomic E-state index is -1.12. The summed E-state index contributed by atoms with van der Waals surface area (Å²) in [7, 11) is 1.61. The van der Waals surface area contributed by atoms with E-state index in [1.54, 1.807) is 23.3 Å². The minimum Gasteiger partial charge on any atom is -0.496 e. The summed E-state index contributed by atoms with van der Waals surface area (Å²) < 4.78 is 7.43. The third-order valence-corrected chi connectivity index (χ3v) is 7.56. The zero-order chi connectivity index (χ0) is 24.0. The van der Waals surface area contributed by atoms with Gasteiger partial charge in [0.25, 0.3) is 5.91 Å². The van der Waals surface area contributed by atoms with Gasteiger partial charge in [0, 0.05) is 23.2 Å².